The predicted octanol–water partition coefficient (Wildman–Crippen LogP) is 2.86. The van der Waals surface area contributed by atoms with Crippen LogP contribution in [0, 0.1) is 12.7 Å². The SMILES string of the molecule is Cc1cc(NC(=O)N2CCN(c3ccccc3F)C(C)C2)on1. The molecular weight excluding hydrogens is 299 g/mol. The number of piperazine rings is 1. The lowest BCUT2D eigenvalue weighted by atomic mass is 10.1. The zero-order valence-corrected chi connectivity index (χ0v) is 13.1. The van der Waals surface area contributed by atoms with Crippen molar-refractivity contribution in [3.05, 3.63) is 41.8 Å². The average Bonchev–Trinajstić information content (AvgIpc) is 2.93. The number of hydrogen-bond donors (Lipinski definition) is 1. The molecule has 1 saturated heterocycles. The highest BCUT2D eigenvalue weighted by molar-refractivity contribution is 5.88. The minimum Gasteiger partial charge on any atom is -0.363 e. The Bertz CT molecular complexity index is 703. The van der Waals surface area contributed by atoms with Gasteiger partial charge >= 0.3 is 6.03 Å². The van der Waals surface area contributed by atoms with Gasteiger partial charge in [0.2, 0.25) is 5.88 Å². The summed E-state index contributed by atoms with van der Waals surface area (Å²) in [4.78, 5) is 15.9. The Morgan fingerprint density at radius 3 is 2.83 bits per heavy atom. The van der Waals surface area contributed by atoms with Crippen molar-refractivity contribution in [2.45, 2.75) is 19.9 Å². The molecule has 3 rings (SSSR count). The number of hydrogen-bond acceptors (Lipinski definition) is 4. The van der Waals surface area contributed by atoms with Crippen molar-refractivity contribution in [3.8, 4) is 0 Å². The summed E-state index contributed by atoms with van der Waals surface area (Å²) in [5.74, 6) is 0.0890. The summed E-state index contributed by atoms with van der Waals surface area (Å²) in [6.07, 6.45) is 0. The van der Waals surface area contributed by atoms with Crippen LogP contribution in [0.3, 0.4) is 0 Å². The van der Waals surface area contributed by atoms with Gasteiger partial charge in [0.1, 0.15) is 5.82 Å². The third-order valence-corrected chi connectivity index (χ3v) is 3.93. The molecule has 1 atom stereocenters. The first-order valence-corrected chi connectivity index (χ1v) is 7.55. The maximum absolute atomic E-state index is 13.9. The van der Waals surface area contributed by atoms with Crippen LogP contribution in [0.15, 0.2) is 34.9 Å². The highest BCUT2D eigenvalue weighted by Gasteiger charge is 2.28. The summed E-state index contributed by atoms with van der Waals surface area (Å²) in [7, 11) is 0. The monoisotopic (exact) mass is 318 g/mol. The van der Waals surface area contributed by atoms with Crippen LogP contribution in [0.4, 0.5) is 20.8 Å². The lowest BCUT2D eigenvalue weighted by Gasteiger charge is -2.41. The second-order valence-corrected chi connectivity index (χ2v) is 5.70. The maximum Gasteiger partial charge on any atom is 0.324 e. The summed E-state index contributed by atoms with van der Waals surface area (Å²) >= 11 is 0. The fraction of sp³-hybridized carbons (Fsp3) is 0.375. The third kappa shape index (κ3) is 3.28. The number of para-hydroxylation sites is 1. The van der Waals surface area contributed by atoms with Crippen molar-refractivity contribution in [1.29, 1.82) is 0 Å². The number of rotatable bonds is 2. The van der Waals surface area contributed by atoms with Gasteiger partial charge in [0.05, 0.1) is 11.4 Å². The minimum absolute atomic E-state index is 0.0165. The van der Waals surface area contributed by atoms with Crippen LogP contribution in [0.5, 0.6) is 0 Å². The van der Waals surface area contributed by atoms with Gasteiger partial charge in [0, 0.05) is 31.7 Å². The first-order chi connectivity index (χ1) is 11.0. The van der Waals surface area contributed by atoms with Gasteiger partial charge in [0.25, 0.3) is 0 Å². The highest BCUT2D eigenvalue weighted by atomic mass is 19.1. The van der Waals surface area contributed by atoms with E-state index in [0.717, 1.165) is 0 Å². The molecule has 1 aliphatic heterocycles. The zero-order chi connectivity index (χ0) is 16.4. The Hall–Kier alpha value is -2.57. The van der Waals surface area contributed by atoms with E-state index in [-0.39, 0.29) is 17.9 Å². The van der Waals surface area contributed by atoms with Gasteiger partial charge in [-0.3, -0.25) is 5.32 Å². The van der Waals surface area contributed by atoms with Crippen LogP contribution in [0.1, 0.15) is 12.6 Å². The number of aromatic nitrogens is 1. The van der Waals surface area contributed by atoms with E-state index in [2.05, 4.69) is 10.5 Å². The molecule has 0 aliphatic carbocycles. The molecule has 1 fully saturated rings. The van der Waals surface area contributed by atoms with Crippen LogP contribution in [0.25, 0.3) is 0 Å². The molecule has 1 aromatic carbocycles. The summed E-state index contributed by atoms with van der Waals surface area (Å²) in [5.41, 5.74) is 1.28. The Labute approximate surface area is 133 Å². The maximum atomic E-state index is 13.9. The smallest absolute Gasteiger partial charge is 0.324 e. The number of aryl methyl sites for hydroxylation is 1. The zero-order valence-electron chi connectivity index (χ0n) is 13.1. The molecule has 1 unspecified atom stereocenters. The van der Waals surface area contributed by atoms with Gasteiger partial charge in [-0.25, -0.2) is 9.18 Å². The molecule has 23 heavy (non-hydrogen) atoms. The first-order valence-electron chi connectivity index (χ1n) is 7.55. The van der Waals surface area contributed by atoms with Crippen LogP contribution >= 0.6 is 0 Å². The molecule has 6 nitrogen and oxygen atoms in total. The van der Waals surface area contributed by atoms with Crippen LogP contribution < -0.4 is 10.2 Å². The van der Waals surface area contributed by atoms with Gasteiger partial charge in [-0.2, -0.15) is 0 Å². The molecule has 2 heterocycles. The van der Waals surface area contributed by atoms with Gasteiger partial charge in [0.15, 0.2) is 0 Å². The average molecular weight is 318 g/mol. The van der Waals surface area contributed by atoms with Crippen molar-refractivity contribution >= 4 is 17.6 Å². The van der Waals surface area contributed by atoms with Crippen molar-refractivity contribution in [1.82, 2.24) is 10.1 Å². The van der Waals surface area contributed by atoms with Crippen molar-refractivity contribution in [2.75, 3.05) is 29.9 Å². The number of halogens is 1. The topological polar surface area (TPSA) is 61.6 Å². The quantitative estimate of drug-likeness (QED) is 0.925. The van der Waals surface area contributed by atoms with E-state index in [1.807, 2.05) is 17.9 Å². The molecule has 1 aromatic heterocycles. The summed E-state index contributed by atoms with van der Waals surface area (Å²) < 4.78 is 18.9. The fourth-order valence-corrected chi connectivity index (χ4v) is 2.79. The van der Waals surface area contributed by atoms with Gasteiger partial charge in [-0.15, -0.1) is 0 Å². The number of anilines is 2. The Morgan fingerprint density at radius 2 is 2.17 bits per heavy atom. The Kier molecular flexibility index (Phi) is 4.18. The van der Waals surface area contributed by atoms with E-state index < -0.39 is 0 Å². The van der Waals surface area contributed by atoms with E-state index in [1.165, 1.54) is 6.07 Å². The Balaban J connectivity index is 1.64. The van der Waals surface area contributed by atoms with Gasteiger partial charge in [-0.05, 0) is 26.0 Å². The number of carbonyl (C=O) groups is 1. The number of nitrogens with one attached hydrogen (secondary N) is 1. The van der Waals surface area contributed by atoms with Crippen molar-refractivity contribution in [3.63, 3.8) is 0 Å². The normalized spacial score (nSPS) is 18.1. The molecule has 0 bridgehead atoms. The molecular formula is C16H19FN4O2. The number of carbonyl (C=O) groups excluding carboxylic acids is 1. The molecule has 0 spiro atoms. The second-order valence-electron chi connectivity index (χ2n) is 5.70. The molecule has 0 saturated carbocycles. The molecule has 7 heteroatoms. The van der Waals surface area contributed by atoms with Crippen LogP contribution in [-0.2, 0) is 0 Å². The van der Waals surface area contributed by atoms with E-state index in [1.54, 1.807) is 30.0 Å². The number of benzene rings is 1. The van der Waals surface area contributed by atoms with E-state index >= 15 is 0 Å². The molecule has 2 amide bonds. The third-order valence-electron chi connectivity index (χ3n) is 3.93. The van der Waals surface area contributed by atoms with Crippen molar-refractivity contribution < 1.29 is 13.7 Å². The predicted molar refractivity (Wildman–Crippen MR) is 85.0 cm³/mol. The molecule has 1 N–H and O–H groups in total. The van der Waals surface area contributed by atoms with E-state index in [0.29, 0.717) is 36.9 Å². The molecule has 2 aromatic rings. The minimum atomic E-state index is -0.241. The summed E-state index contributed by atoms with van der Waals surface area (Å²) in [6.45, 7) is 5.36. The standard InChI is InChI=1S/C16H19FN4O2/c1-11-9-15(23-19-11)18-16(22)20-7-8-21(12(2)10-20)14-6-4-3-5-13(14)17/h3-6,9,12H,7-8,10H2,1-2H3,(H,18,22). The first kappa shape index (κ1) is 15.3. The van der Waals surface area contributed by atoms with Crippen LogP contribution in [0.2, 0.25) is 0 Å². The molecule has 0 radical (unpaired) electrons. The Morgan fingerprint density at radius 1 is 1.39 bits per heavy atom. The summed E-state index contributed by atoms with van der Waals surface area (Å²) in [6, 6.07) is 8.15. The van der Waals surface area contributed by atoms with Gasteiger partial charge in [-0.1, -0.05) is 17.3 Å². The highest BCUT2D eigenvalue weighted by Crippen LogP contribution is 2.24. The number of urea groups is 1. The second kappa shape index (κ2) is 6.28. The lowest BCUT2D eigenvalue weighted by molar-refractivity contribution is 0.199. The van der Waals surface area contributed by atoms with E-state index in [9.17, 15) is 9.18 Å². The number of amides is 2. The number of nitrogens with zero attached hydrogens (tertiary/aromatic N) is 3. The van der Waals surface area contributed by atoms with Crippen LogP contribution in [-0.4, -0.2) is 41.8 Å². The molecule has 1 aliphatic rings. The lowest BCUT2D eigenvalue weighted by Crippen LogP contribution is -2.55. The van der Waals surface area contributed by atoms with E-state index in [4.69, 9.17) is 4.52 Å². The molecule has 122 valence electrons. The fourth-order valence-electron chi connectivity index (χ4n) is 2.79. The summed E-state index contributed by atoms with van der Waals surface area (Å²) in [5, 5.41) is 6.42. The van der Waals surface area contributed by atoms with Gasteiger partial charge < -0.3 is 14.3 Å². The van der Waals surface area contributed by atoms with Crippen molar-refractivity contribution in [2.24, 2.45) is 0 Å². The largest absolute Gasteiger partial charge is 0.363 e.